The highest BCUT2D eigenvalue weighted by Crippen LogP contribution is 2.27. The lowest BCUT2D eigenvalue weighted by molar-refractivity contribution is -0.141. The summed E-state index contributed by atoms with van der Waals surface area (Å²) in [6.45, 7) is 4.37. The molecule has 0 aliphatic carbocycles. The molecular formula is C15H16F3N3. The van der Waals surface area contributed by atoms with E-state index in [1.807, 2.05) is 19.1 Å². The van der Waals surface area contributed by atoms with Crippen molar-refractivity contribution in [1.82, 2.24) is 9.97 Å². The van der Waals surface area contributed by atoms with Crippen molar-refractivity contribution in [2.24, 2.45) is 0 Å². The van der Waals surface area contributed by atoms with Crippen molar-refractivity contribution in [3.63, 3.8) is 0 Å². The first-order chi connectivity index (χ1) is 9.90. The van der Waals surface area contributed by atoms with Gasteiger partial charge in [-0.3, -0.25) is 4.98 Å². The fraction of sp³-hybridized carbons (Fsp3) is 0.333. The third kappa shape index (κ3) is 3.93. The number of nitrogens with one attached hydrogen (secondary N) is 1. The van der Waals surface area contributed by atoms with E-state index < -0.39 is 11.9 Å². The first-order valence-electron chi connectivity index (χ1n) is 6.62. The normalized spacial score (nSPS) is 11.5. The average Bonchev–Trinajstić information content (AvgIpc) is 2.45. The highest BCUT2D eigenvalue weighted by molar-refractivity contribution is 5.39. The van der Waals surface area contributed by atoms with Crippen molar-refractivity contribution in [1.29, 1.82) is 0 Å². The van der Waals surface area contributed by atoms with Gasteiger partial charge in [0.2, 0.25) is 0 Å². The minimum atomic E-state index is -4.40. The Morgan fingerprint density at radius 1 is 1.14 bits per heavy atom. The lowest BCUT2D eigenvalue weighted by Crippen LogP contribution is -2.09. The van der Waals surface area contributed by atoms with Gasteiger partial charge in [-0.15, -0.1) is 0 Å². The molecular weight excluding hydrogens is 279 g/mol. The van der Waals surface area contributed by atoms with Gasteiger partial charge >= 0.3 is 6.18 Å². The summed E-state index contributed by atoms with van der Waals surface area (Å²) >= 11 is 0. The maximum absolute atomic E-state index is 12.4. The van der Waals surface area contributed by atoms with E-state index in [0.29, 0.717) is 17.9 Å². The van der Waals surface area contributed by atoms with E-state index in [4.69, 9.17) is 0 Å². The molecule has 2 aromatic rings. The van der Waals surface area contributed by atoms with E-state index in [2.05, 4.69) is 22.2 Å². The van der Waals surface area contributed by atoms with Gasteiger partial charge in [0, 0.05) is 18.4 Å². The molecule has 0 saturated carbocycles. The van der Waals surface area contributed by atoms with Crippen molar-refractivity contribution in [2.45, 2.75) is 33.0 Å². The second-order valence-corrected chi connectivity index (χ2v) is 4.70. The van der Waals surface area contributed by atoms with E-state index in [9.17, 15) is 13.2 Å². The van der Waals surface area contributed by atoms with Gasteiger partial charge < -0.3 is 5.32 Å². The number of nitrogens with zero attached hydrogens (tertiary/aromatic N) is 2. The van der Waals surface area contributed by atoms with Gasteiger partial charge in [-0.25, -0.2) is 4.98 Å². The molecule has 0 aromatic carbocycles. The molecule has 0 atom stereocenters. The number of pyridine rings is 2. The Morgan fingerprint density at radius 2 is 1.90 bits per heavy atom. The van der Waals surface area contributed by atoms with Crippen LogP contribution in [0.3, 0.4) is 0 Å². The van der Waals surface area contributed by atoms with Crippen LogP contribution in [0.1, 0.15) is 29.4 Å². The number of aryl methyl sites for hydroxylation is 2. The second-order valence-electron chi connectivity index (χ2n) is 4.70. The summed E-state index contributed by atoms with van der Waals surface area (Å²) in [4.78, 5) is 7.83. The molecule has 0 fully saturated rings. The minimum absolute atomic E-state index is 0.378. The van der Waals surface area contributed by atoms with Crippen LogP contribution >= 0.6 is 0 Å². The second kappa shape index (κ2) is 6.11. The number of hydrogen-bond donors (Lipinski definition) is 1. The highest BCUT2D eigenvalue weighted by atomic mass is 19.4. The van der Waals surface area contributed by atoms with Gasteiger partial charge in [0.25, 0.3) is 0 Å². The minimum Gasteiger partial charge on any atom is -0.366 e. The van der Waals surface area contributed by atoms with E-state index in [-0.39, 0.29) is 0 Å². The predicted molar refractivity (Wildman–Crippen MR) is 74.9 cm³/mol. The molecule has 0 amide bonds. The Bertz CT molecular complexity index is 607. The zero-order valence-corrected chi connectivity index (χ0v) is 11.8. The van der Waals surface area contributed by atoms with E-state index in [0.717, 1.165) is 18.2 Å². The molecule has 0 aliphatic heterocycles. The Labute approximate surface area is 121 Å². The number of halogens is 3. The smallest absolute Gasteiger partial charge is 0.366 e. The first kappa shape index (κ1) is 15.3. The molecule has 2 heterocycles. The van der Waals surface area contributed by atoms with Gasteiger partial charge in [0.1, 0.15) is 11.5 Å². The summed E-state index contributed by atoms with van der Waals surface area (Å²) in [7, 11) is 0. The zero-order valence-electron chi connectivity index (χ0n) is 11.8. The van der Waals surface area contributed by atoms with Crippen molar-refractivity contribution in [3.8, 4) is 0 Å². The quantitative estimate of drug-likeness (QED) is 0.927. The SMILES string of the molecule is CCc1ccc(NCc2ccc(C(F)(F)F)nc2)nc1C. The molecule has 21 heavy (non-hydrogen) atoms. The van der Waals surface area contributed by atoms with Crippen LogP contribution in [0, 0.1) is 6.92 Å². The lowest BCUT2D eigenvalue weighted by atomic mass is 10.1. The van der Waals surface area contributed by atoms with Crippen LogP contribution in [0.25, 0.3) is 0 Å². The van der Waals surface area contributed by atoms with Gasteiger partial charge in [0.15, 0.2) is 0 Å². The number of hydrogen-bond acceptors (Lipinski definition) is 3. The summed E-state index contributed by atoms with van der Waals surface area (Å²) < 4.78 is 37.2. The third-order valence-corrected chi connectivity index (χ3v) is 3.16. The number of anilines is 1. The lowest BCUT2D eigenvalue weighted by Gasteiger charge is -2.09. The molecule has 6 heteroatoms. The Kier molecular flexibility index (Phi) is 4.45. The topological polar surface area (TPSA) is 37.8 Å². The molecule has 112 valence electrons. The number of rotatable bonds is 4. The molecule has 2 aromatic heterocycles. The van der Waals surface area contributed by atoms with Crippen LogP contribution in [-0.4, -0.2) is 9.97 Å². The molecule has 0 saturated heterocycles. The Morgan fingerprint density at radius 3 is 2.43 bits per heavy atom. The van der Waals surface area contributed by atoms with Crippen molar-refractivity contribution in [2.75, 3.05) is 5.32 Å². The molecule has 2 rings (SSSR count). The average molecular weight is 295 g/mol. The van der Waals surface area contributed by atoms with Gasteiger partial charge in [-0.1, -0.05) is 19.1 Å². The highest BCUT2D eigenvalue weighted by Gasteiger charge is 2.31. The molecule has 0 aliphatic rings. The maximum atomic E-state index is 12.4. The Balaban J connectivity index is 2.01. The third-order valence-electron chi connectivity index (χ3n) is 3.16. The molecule has 1 N–H and O–H groups in total. The first-order valence-corrected chi connectivity index (χ1v) is 6.62. The summed E-state index contributed by atoms with van der Waals surface area (Å²) in [5, 5.41) is 3.08. The van der Waals surface area contributed by atoms with Crippen LogP contribution in [0.4, 0.5) is 19.0 Å². The predicted octanol–water partition coefficient (Wildman–Crippen LogP) is 3.98. The van der Waals surface area contributed by atoms with Crippen molar-refractivity contribution < 1.29 is 13.2 Å². The van der Waals surface area contributed by atoms with Gasteiger partial charge in [0.05, 0.1) is 0 Å². The van der Waals surface area contributed by atoms with Gasteiger partial charge in [-0.05, 0) is 36.6 Å². The standard InChI is InChI=1S/C15H16F3N3/c1-3-12-5-7-14(21-10(12)2)20-9-11-4-6-13(19-8-11)15(16,17)18/h4-8H,3,9H2,1-2H3,(H,20,21). The molecule has 0 spiro atoms. The van der Waals surface area contributed by atoms with E-state index in [1.54, 1.807) is 0 Å². The van der Waals surface area contributed by atoms with Gasteiger partial charge in [-0.2, -0.15) is 13.2 Å². The largest absolute Gasteiger partial charge is 0.433 e. The maximum Gasteiger partial charge on any atom is 0.433 e. The number of alkyl halides is 3. The van der Waals surface area contributed by atoms with Crippen LogP contribution in [-0.2, 0) is 19.1 Å². The molecule has 3 nitrogen and oxygen atoms in total. The van der Waals surface area contributed by atoms with Crippen LogP contribution in [0.15, 0.2) is 30.5 Å². The van der Waals surface area contributed by atoms with Crippen LogP contribution < -0.4 is 5.32 Å². The van der Waals surface area contributed by atoms with Crippen molar-refractivity contribution >= 4 is 5.82 Å². The summed E-state index contributed by atoms with van der Waals surface area (Å²) in [6.07, 6.45) is -2.26. The van der Waals surface area contributed by atoms with Crippen molar-refractivity contribution in [3.05, 3.63) is 53.0 Å². The molecule has 0 unspecified atom stereocenters. The van der Waals surface area contributed by atoms with Crippen LogP contribution in [0.5, 0.6) is 0 Å². The fourth-order valence-corrected chi connectivity index (χ4v) is 1.95. The zero-order chi connectivity index (χ0) is 15.5. The fourth-order valence-electron chi connectivity index (χ4n) is 1.95. The monoisotopic (exact) mass is 295 g/mol. The summed E-state index contributed by atoms with van der Waals surface area (Å²) in [5.74, 6) is 0.699. The molecule has 0 bridgehead atoms. The summed E-state index contributed by atoms with van der Waals surface area (Å²) in [5.41, 5.74) is 1.92. The molecule has 0 radical (unpaired) electrons. The number of aromatic nitrogens is 2. The van der Waals surface area contributed by atoms with Crippen LogP contribution in [0.2, 0.25) is 0 Å². The van der Waals surface area contributed by atoms with E-state index >= 15 is 0 Å². The van der Waals surface area contributed by atoms with E-state index in [1.165, 1.54) is 17.8 Å². The Hall–Kier alpha value is -2.11. The summed E-state index contributed by atoms with van der Waals surface area (Å²) in [6, 6.07) is 6.25.